The number of likely N-dealkylation sites (tertiary alicyclic amines) is 1. The molecule has 1 aromatic heterocycles. The Hall–Kier alpha value is -1.54. The smallest absolute Gasteiger partial charge is 0.276 e. The van der Waals surface area contributed by atoms with Crippen LogP contribution in [0.1, 0.15) is 47.3 Å². The molecule has 1 amide bonds. The highest BCUT2D eigenvalue weighted by Gasteiger charge is 2.52. The van der Waals surface area contributed by atoms with E-state index in [1.165, 1.54) is 12.8 Å². The number of pyridine rings is 1. The maximum absolute atomic E-state index is 11.6. The normalized spacial score (nSPS) is 28.4. The van der Waals surface area contributed by atoms with Crippen LogP contribution in [0.4, 0.5) is 0 Å². The minimum absolute atomic E-state index is 0.0856. The Balaban J connectivity index is 1.25. The van der Waals surface area contributed by atoms with E-state index in [1.807, 2.05) is 6.07 Å². The van der Waals surface area contributed by atoms with Gasteiger partial charge in [-0.15, -0.1) is 0 Å². The van der Waals surface area contributed by atoms with Crippen molar-refractivity contribution in [1.29, 1.82) is 0 Å². The summed E-state index contributed by atoms with van der Waals surface area (Å²) in [7, 11) is 0. The highest BCUT2D eigenvalue weighted by Crippen LogP contribution is 2.42. The number of carbonyl (C=O) groups excluding carboxylic acids is 1. The molecule has 1 saturated carbocycles. The van der Waals surface area contributed by atoms with Crippen LogP contribution in [0.5, 0.6) is 0 Å². The topological polar surface area (TPSA) is 77.9 Å². The molecule has 140 valence electrons. The van der Waals surface area contributed by atoms with Gasteiger partial charge < -0.3 is 4.74 Å². The lowest BCUT2D eigenvalue weighted by Crippen LogP contribution is -2.67. The SMILES string of the molecule is O=C(NO)c1cnc2c(c1)CCN([C@@H]1CCOC3(C1)CN(C1CC1)C3)C2. The highest BCUT2D eigenvalue weighted by molar-refractivity contribution is 5.93. The Morgan fingerprint density at radius 3 is 2.88 bits per heavy atom. The Kier molecular flexibility index (Phi) is 4.01. The van der Waals surface area contributed by atoms with Gasteiger partial charge in [-0.3, -0.25) is 24.8 Å². The Labute approximate surface area is 153 Å². The van der Waals surface area contributed by atoms with Crippen molar-refractivity contribution in [2.75, 3.05) is 26.2 Å². The van der Waals surface area contributed by atoms with Gasteiger partial charge in [0.2, 0.25) is 0 Å². The fourth-order valence-electron chi connectivity index (χ4n) is 4.86. The van der Waals surface area contributed by atoms with Crippen LogP contribution in [0.15, 0.2) is 12.3 Å². The number of carbonyl (C=O) groups is 1. The molecule has 0 bridgehead atoms. The van der Waals surface area contributed by atoms with Crippen LogP contribution in [0.3, 0.4) is 0 Å². The fourth-order valence-corrected chi connectivity index (χ4v) is 4.86. The van der Waals surface area contributed by atoms with Crippen molar-refractivity contribution < 1.29 is 14.7 Å². The molecule has 0 radical (unpaired) electrons. The Morgan fingerprint density at radius 1 is 1.27 bits per heavy atom. The number of nitrogens with zero attached hydrogens (tertiary/aromatic N) is 3. The lowest BCUT2D eigenvalue weighted by molar-refractivity contribution is -0.185. The molecule has 1 aliphatic carbocycles. The first-order valence-corrected chi connectivity index (χ1v) is 9.70. The molecule has 4 heterocycles. The number of aromatic nitrogens is 1. The molecule has 4 aliphatic rings. The predicted molar refractivity (Wildman–Crippen MR) is 93.9 cm³/mol. The van der Waals surface area contributed by atoms with Crippen molar-refractivity contribution >= 4 is 5.91 Å². The van der Waals surface area contributed by atoms with Gasteiger partial charge in [-0.2, -0.15) is 0 Å². The standard InChI is InChI=1S/C19H26N4O3/c24-18(21-25)14-7-13-3-5-22(10-17(13)20-9-14)16-4-6-26-19(8-16)11-23(12-19)15-1-2-15/h7,9,15-16,25H,1-6,8,10-12H2,(H,21,24)/t16-/m1/s1. The van der Waals surface area contributed by atoms with Crippen molar-refractivity contribution in [2.24, 2.45) is 0 Å². The number of fused-ring (bicyclic) bond motifs is 1. The minimum atomic E-state index is -0.501. The van der Waals surface area contributed by atoms with E-state index in [0.29, 0.717) is 11.6 Å². The van der Waals surface area contributed by atoms with Crippen LogP contribution >= 0.6 is 0 Å². The lowest BCUT2D eigenvalue weighted by atomic mass is 9.82. The molecule has 7 nitrogen and oxygen atoms in total. The summed E-state index contributed by atoms with van der Waals surface area (Å²) in [6, 6.07) is 3.25. The van der Waals surface area contributed by atoms with Crippen LogP contribution in [0.2, 0.25) is 0 Å². The molecule has 5 rings (SSSR count). The van der Waals surface area contributed by atoms with Crippen molar-refractivity contribution in [3.63, 3.8) is 0 Å². The maximum Gasteiger partial charge on any atom is 0.276 e. The second-order valence-electron chi connectivity index (χ2n) is 8.31. The van der Waals surface area contributed by atoms with Crippen LogP contribution < -0.4 is 5.48 Å². The average molecular weight is 358 g/mol. The fraction of sp³-hybridized carbons (Fsp3) is 0.684. The number of hydroxylamine groups is 1. The first kappa shape index (κ1) is 16.6. The number of amides is 1. The molecular formula is C19H26N4O3. The molecule has 1 atom stereocenters. The molecule has 1 spiro atoms. The zero-order chi connectivity index (χ0) is 17.7. The van der Waals surface area contributed by atoms with E-state index in [2.05, 4.69) is 14.8 Å². The molecule has 2 N–H and O–H groups in total. The average Bonchev–Trinajstić information content (AvgIpc) is 3.49. The summed E-state index contributed by atoms with van der Waals surface area (Å²) >= 11 is 0. The van der Waals surface area contributed by atoms with Gasteiger partial charge >= 0.3 is 0 Å². The van der Waals surface area contributed by atoms with Crippen molar-refractivity contribution in [2.45, 2.75) is 56.3 Å². The third-order valence-electron chi connectivity index (χ3n) is 6.47. The second kappa shape index (κ2) is 6.27. The quantitative estimate of drug-likeness (QED) is 0.619. The number of hydrogen-bond donors (Lipinski definition) is 2. The molecule has 26 heavy (non-hydrogen) atoms. The van der Waals surface area contributed by atoms with E-state index in [9.17, 15) is 4.79 Å². The van der Waals surface area contributed by atoms with E-state index < -0.39 is 5.91 Å². The molecular weight excluding hydrogens is 332 g/mol. The van der Waals surface area contributed by atoms with Gasteiger partial charge in [0.25, 0.3) is 5.91 Å². The number of rotatable bonds is 3. The number of nitrogens with one attached hydrogen (secondary N) is 1. The van der Waals surface area contributed by atoms with E-state index >= 15 is 0 Å². The summed E-state index contributed by atoms with van der Waals surface area (Å²) < 4.78 is 6.20. The summed E-state index contributed by atoms with van der Waals surface area (Å²) in [5.74, 6) is -0.501. The summed E-state index contributed by atoms with van der Waals surface area (Å²) in [5, 5.41) is 8.79. The first-order chi connectivity index (χ1) is 12.7. The molecule has 1 aromatic rings. The van der Waals surface area contributed by atoms with Crippen molar-refractivity contribution in [3.05, 3.63) is 29.1 Å². The number of ether oxygens (including phenoxy) is 1. The zero-order valence-electron chi connectivity index (χ0n) is 15.0. The molecule has 3 aliphatic heterocycles. The molecule has 0 aromatic carbocycles. The van der Waals surface area contributed by atoms with Gasteiger partial charge in [0.1, 0.15) is 0 Å². The van der Waals surface area contributed by atoms with Gasteiger partial charge in [-0.25, -0.2) is 5.48 Å². The maximum atomic E-state index is 11.6. The monoisotopic (exact) mass is 358 g/mol. The summed E-state index contributed by atoms with van der Waals surface area (Å²) in [6.45, 7) is 4.90. The van der Waals surface area contributed by atoms with Crippen molar-refractivity contribution in [1.82, 2.24) is 20.3 Å². The van der Waals surface area contributed by atoms with E-state index in [-0.39, 0.29) is 5.60 Å². The summed E-state index contributed by atoms with van der Waals surface area (Å²) in [4.78, 5) is 21.2. The van der Waals surface area contributed by atoms with Gasteiger partial charge in [-0.1, -0.05) is 0 Å². The van der Waals surface area contributed by atoms with E-state index in [4.69, 9.17) is 9.94 Å². The molecule has 0 unspecified atom stereocenters. The van der Waals surface area contributed by atoms with Gasteiger partial charge in [0.05, 0.1) is 16.9 Å². The zero-order valence-corrected chi connectivity index (χ0v) is 15.0. The van der Waals surface area contributed by atoms with Crippen LogP contribution in [-0.2, 0) is 17.7 Å². The van der Waals surface area contributed by atoms with Crippen molar-refractivity contribution in [3.8, 4) is 0 Å². The third-order valence-corrected chi connectivity index (χ3v) is 6.47. The largest absolute Gasteiger partial charge is 0.372 e. The highest BCUT2D eigenvalue weighted by atomic mass is 16.5. The minimum Gasteiger partial charge on any atom is -0.372 e. The van der Waals surface area contributed by atoms with Gasteiger partial charge in [0, 0.05) is 51.1 Å². The first-order valence-electron chi connectivity index (χ1n) is 9.70. The molecule has 3 fully saturated rings. The summed E-state index contributed by atoms with van der Waals surface area (Å²) in [6.07, 6.45) is 7.39. The van der Waals surface area contributed by atoms with Gasteiger partial charge in [0.15, 0.2) is 0 Å². The number of hydrogen-bond acceptors (Lipinski definition) is 6. The van der Waals surface area contributed by atoms with Crippen LogP contribution in [0, 0.1) is 0 Å². The summed E-state index contributed by atoms with van der Waals surface area (Å²) in [5.41, 5.74) is 4.35. The van der Waals surface area contributed by atoms with E-state index in [0.717, 1.165) is 69.3 Å². The Bertz CT molecular complexity index is 715. The molecule has 2 saturated heterocycles. The second-order valence-corrected chi connectivity index (χ2v) is 8.31. The predicted octanol–water partition coefficient (Wildman–Crippen LogP) is 0.954. The van der Waals surface area contributed by atoms with Crippen LogP contribution in [0.25, 0.3) is 0 Å². The van der Waals surface area contributed by atoms with Crippen LogP contribution in [-0.4, -0.2) is 69.8 Å². The van der Waals surface area contributed by atoms with Gasteiger partial charge in [-0.05, 0) is 43.7 Å². The lowest BCUT2D eigenvalue weighted by Gasteiger charge is -2.55. The third kappa shape index (κ3) is 2.93. The van der Waals surface area contributed by atoms with E-state index in [1.54, 1.807) is 11.7 Å². The molecule has 7 heteroatoms. The Morgan fingerprint density at radius 2 is 2.12 bits per heavy atom.